The number of carbonyl (C=O) groups excluding carboxylic acids is 1. The number of nitrogens with zero attached hydrogens (tertiary/aromatic N) is 1. The highest BCUT2D eigenvalue weighted by molar-refractivity contribution is 5.99. The highest BCUT2D eigenvalue weighted by Gasteiger charge is 2.31. The Kier molecular flexibility index (Phi) is 5.27. The van der Waals surface area contributed by atoms with E-state index < -0.39 is 11.7 Å². The van der Waals surface area contributed by atoms with Gasteiger partial charge in [-0.1, -0.05) is 6.42 Å². The standard InChI is InChI=1S/C17H22F3NO/c1-12-10-14(17(18,19)20)11-13(2)16(12)15(22)6-9-21-7-4-3-5-8-21/h10-11H,3-9H2,1-2H3. The molecule has 2 nitrogen and oxygen atoms in total. The number of aryl methyl sites for hydroxylation is 2. The van der Waals surface area contributed by atoms with Crippen LogP contribution < -0.4 is 0 Å². The number of halogens is 3. The van der Waals surface area contributed by atoms with Crippen LogP contribution in [0.15, 0.2) is 12.1 Å². The van der Waals surface area contributed by atoms with Gasteiger partial charge in [-0.3, -0.25) is 4.79 Å². The number of Topliss-reactive ketones (excluding diaryl/α,β-unsaturated/α-hetero) is 1. The monoisotopic (exact) mass is 313 g/mol. The first kappa shape index (κ1) is 17.0. The second kappa shape index (κ2) is 6.82. The Morgan fingerprint density at radius 3 is 2.14 bits per heavy atom. The van der Waals surface area contributed by atoms with Gasteiger partial charge in [0.05, 0.1) is 5.56 Å². The van der Waals surface area contributed by atoms with E-state index in [0.29, 0.717) is 29.7 Å². The molecule has 0 amide bonds. The molecule has 0 atom stereocenters. The summed E-state index contributed by atoms with van der Waals surface area (Å²) in [6, 6.07) is 2.14. The fourth-order valence-corrected chi connectivity index (χ4v) is 3.13. The highest BCUT2D eigenvalue weighted by Crippen LogP contribution is 2.32. The van der Waals surface area contributed by atoms with Crippen LogP contribution in [-0.4, -0.2) is 30.3 Å². The zero-order chi connectivity index (χ0) is 16.3. The zero-order valence-corrected chi connectivity index (χ0v) is 13.1. The molecule has 0 saturated carbocycles. The summed E-state index contributed by atoms with van der Waals surface area (Å²) >= 11 is 0. The number of hydrogen-bond acceptors (Lipinski definition) is 2. The normalized spacial score (nSPS) is 16.8. The summed E-state index contributed by atoms with van der Waals surface area (Å²) in [4.78, 5) is 14.6. The quantitative estimate of drug-likeness (QED) is 0.769. The van der Waals surface area contributed by atoms with Crippen molar-refractivity contribution in [3.63, 3.8) is 0 Å². The largest absolute Gasteiger partial charge is 0.416 e. The number of ketones is 1. The third kappa shape index (κ3) is 4.09. The minimum absolute atomic E-state index is 0.0608. The molecule has 0 aromatic heterocycles. The second-order valence-corrected chi connectivity index (χ2v) is 6.06. The molecule has 1 aromatic rings. The van der Waals surface area contributed by atoms with Crippen molar-refractivity contribution in [3.05, 3.63) is 34.4 Å². The fourth-order valence-electron chi connectivity index (χ4n) is 3.13. The predicted octanol–water partition coefficient (Wildman–Crippen LogP) is 4.38. The summed E-state index contributed by atoms with van der Waals surface area (Å²) in [5.74, 6) is -0.0608. The smallest absolute Gasteiger partial charge is 0.303 e. The molecule has 0 unspecified atom stereocenters. The topological polar surface area (TPSA) is 20.3 Å². The van der Waals surface area contributed by atoms with Crippen LogP contribution in [0, 0.1) is 13.8 Å². The van der Waals surface area contributed by atoms with Crippen LogP contribution in [0.4, 0.5) is 13.2 Å². The molecule has 2 rings (SSSR count). The summed E-state index contributed by atoms with van der Waals surface area (Å²) in [5, 5.41) is 0. The van der Waals surface area contributed by atoms with Gasteiger partial charge in [0.25, 0.3) is 0 Å². The van der Waals surface area contributed by atoms with Gasteiger partial charge in [0, 0.05) is 18.5 Å². The lowest BCUT2D eigenvalue weighted by Crippen LogP contribution is -2.31. The zero-order valence-electron chi connectivity index (χ0n) is 13.1. The molecule has 1 aromatic carbocycles. The number of benzene rings is 1. The van der Waals surface area contributed by atoms with Crippen molar-refractivity contribution in [2.45, 2.75) is 45.7 Å². The van der Waals surface area contributed by atoms with Crippen LogP contribution in [0.5, 0.6) is 0 Å². The number of alkyl halides is 3. The van der Waals surface area contributed by atoms with Gasteiger partial charge in [-0.2, -0.15) is 13.2 Å². The Balaban J connectivity index is 2.09. The van der Waals surface area contributed by atoms with Crippen molar-refractivity contribution in [1.82, 2.24) is 4.90 Å². The third-order valence-corrected chi connectivity index (χ3v) is 4.24. The van der Waals surface area contributed by atoms with Crippen LogP contribution in [-0.2, 0) is 6.18 Å². The fraction of sp³-hybridized carbons (Fsp3) is 0.588. The lowest BCUT2D eigenvalue weighted by molar-refractivity contribution is -0.137. The Morgan fingerprint density at radius 1 is 1.09 bits per heavy atom. The number of hydrogen-bond donors (Lipinski definition) is 0. The van der Waals surface area contributed by atoms with Crippen LogP contribution in [0.1, 0.15) is 52.7 Å². The van der Waals surface area contributed by atoms with E-state index in [1.807, 2.05) is 0 Å². The minimum Gasteiger partial charge on any atom is -0.303 e. The average molecular weight is 313 g/mol. The highest BCUT2D eigenvalue weighted by atomic mass is 19.4. The van der Waals surface area contributed by atoms with E-state index in [0.717, 1.165) is 38.1 Å². The van der Waals surface area contributed by atoms with Gasteiger partial charge in [0.1, 0.15) is 0 Å². The molecule has 0 bridgehead atoms. The van der Waals surface area contributed by atoms with Gasteiger partial charge < -0.3 is 4.90 Å². The molecule has 5 heteroatoms. The van der Waals surface area contributed by atoms with Gasteiger partial charge in [-0.25, -0.2) is 0 Å². The molecule has 0 N–H and O–H groups in total. The third-order valence-electron chi connectivity index (χ3n) is 4.24. The first-order chi connectivity index (χ1) is 10.3. The van der Waals surface area contributed by atoms with Crippen molar-refractivity contribution >= 4 is 5.78 Å². The Labute approximate surface area is 129 Å². The molecule has 1 aliphatic rings. The van der Waals surface area contributed by atoms with E-state index in [2.05, 4.69) is 4.90 Å². The Morgan fingerprint density at radius 2 is 1.64 bits per heavy atom. The first-order valence-electron chi connectivity index (χ1n) is 7.73. The van der Waals surface area contributed by atoms with Crippen LogP contribution in [0.2, 0.25) is 0 Å². The Bertz CT molecular complexity index is 522. The summed E-state index contributed by atoms with van der Waals surface area (Å²) in [5.41, 5.74) is 0.590. The van der Waals surface area contributed by atoms with Crippen molar-refractivity contribution in [3.8, 4) is 0 Å². The molecular formula is C17H22F3NO. The van der Waals surface area contributed by atoms with E-state index in [4.69, 9.17) is 0 Å². The SMILES string of the molecule is Cc1cc(C(F)(F)F)cc(C)c1C(=O)CCN1CCCCC1. The predicted molar refractivity (Wildman–Crippen MR) is 80.2 cm³/mol. The van der Waals surface area contributed by atoms with Crippen molar-refractivity contribution in [2.24, 2.45) is 0 Å². The molecule has 0 radical (unpaired) electrons. The lowest BCUT2D eigenvalue weighted by Gasteiger charge is -2.26. The van der Waals surface area contributed by atoms with E-state index in [1.165, 1.54) is 6.42 Å². The number of piperidine rings is 1. The van der Waals surface area contributed by atoms with Crippen molar-refractivity contribution in [2.75, 3.05) is 19.6 Å². The van der Waals surface area contributed by atoms with E-state index in [9.17, 15) is 18.0 Å². The van der Waals surface area contributed by atoms with E-state index >= 15 is 0 Å². The Hall–Kier alpha value is -1.36. The van der Waals surface area contributed by atoms with Crippen LogP contribution in [0.3, 0.4) is 0 Å². The number of rotatable bonds is 4. The molecule has 22 heavy (non-hydrogen) atoms. The van der Waals surface area contributed by atoms with Gasteiger partial charge >= 0.3 is 6.18 Å². The molecule has 0 aliphatic carbocycles. The number of likely N-dealkylation sites (tertiary alicyclic amines) is 1. The maximum absolute atomic E-state index is 12.8. The van der Waals surface area contributed by atoms with Crippen molar-refractivity contribution in [1.29, 1.82) is 0 Å². The maximum atomic E-state index is 12.8. The maximum Gasteiger partial charge on any atom is 0.416 e. The van der Waals surface area contributed by atoms with Crippen LogP contribution >= 0.6 is 0 Å². The molecule has 1 heterocycles. The molecule has 122 valence electrons. The van der Waals surface area contributed by atoms with Gasteiger partial charge in [0.15, 0.2) is 5.78 Å². The van der Waals surface area contributed by atoms with Crippen molar-refractivity contribution < 1.29 is 18.0 Å². The van der Waals surface area contributed by atoms with Gasteiger partial charge in [-0.05, 0) is 63.0 Å². The summed E-state index contributed by atoms with van der Waals surface area (Å²) in [6.07, 6.45) is -0.446. The minimum atomic E-state index is -4.37. The summed E-state index contributed by atoms with van der Waals surface area (Å²) in [6.45, 7) is 5.88. The average Bonchev–Trinajstić information content (AvgIpc) is 2.44. The molecule has 1 aliphatic heterocycles. The number of carbonyl (C=O) groups is 1. The molecule has 0 spiro atoms. The van der Waals surface area contributed by atoms with E-state index in [-0.39, 0.29) is 5.78 Å². The molecular weight excluding hydrogens is 291 g/mol. The lowest BCUT2D eigenvalue weighted by atomic mass is 9.94. The van der Waals surface area contributed by atoms with E-state index in [1.54, 1.807) is 13.8 Å². The summed E-state index contributed by atoms with van der Waals surface area (Å²) in [7, 11) is 0. The molecule has 1 fully saturated rings. The van der Waals surface area contributed by atoms with Gasteiger partial charge in [0.2, 0.25) is 0 Å². The molecule has 1 saturated heterocycles. The van der Waals surface area contributed by atoms with Crippen LogP contribution in [0.25, 0.3) is 0 Å². The first-order valence-corrected chi connectivity index (χ1v) is 7.73. The summed E-state index contributed by atoms with van der Waals surface area (Å²) < 4.78 is 38.3. The van der Waals surface area contributed by atoms with Gasteiger partial charge in [-0.15, -0.1) is 0 Å². The second-order valence-electron chi connectivity index (χ2n) is 6.06.